The van der Waals surface area contributed by atoms with E-state index in [2.05, 4.69) is 12.2 Å². The Balaban J connectivity index is 1.65. The van der Waals surface area contributed by atoms with Crippen molar-refractivity contribution in [3.8, 4) is 0 Å². The van der Waals surface area contributed by atoms with E-state index in [1.807, 2.05) is 24.8 Å². The molecule has 1 amide bonds. The van der Waals surface area contributed by atoms with Crippen LogP contribution in [0.5, 0.6) is 0 Å². The predicted octanol–water partition coefficient (Wildman–Crippen LogP) is 1.52. The number of aryl methyl sites for hydroxylation is 2. The van der Waals surface area contributed by atoms with Crippen LogP contribution in [-0.4, -0.2) is 62.3 Å². The zero-order chi connectivity index (χ0) is 18.9. The molecule has 144 valence electrons. The molecule has 1 aromatic carbocycles. The molecule has 6 nitrogen and oxygen atoms in total. The topological polar surface area (TPSA) is 69.7 Å². The van der Waals surface area contributed by atoms with Gasteiger partial charge in [-0.05, 0) is 56.9 Å². The lowest BCUT2D eigenvalue weighted by atomic mass is 9.95. The van der Waals surface area contributed by atoms with E-state index in [1.54, 1.807) is 12.1 Å². The molecule has 1 unspecified atom stereocenters. The van der Waals surface area contributed by atoms with Crippen LogP contribution in [0.1, 0.15) is 30.9 Å². The maximum absolute atomic E-state index is 12.9. The Morgan fingerprint density at radius 1 is 1.12 bits per heavy atom. The molecule has 0 aromatic heterocycles. The minimum absolute atomic E-state index is 0.0678. The van der Waals surface area contributed by atoms with Crippen LogP contribution >= 0.6 is 0 Å². The predicted molar refractivity (Wildman–Crippen MR) is 101 cm³/mol. The molecule has 3 rings (SSSR count). The van der Waals surface area contributed by atoms with Gasteiger partial charge in [-0.2, -0.15) is 4.31 Å². The van der Waals surface area contributed by atoms with Crippen molar-refractivity contribution in [1.82, 2.24) is 14.5 Å². The first-order valence-electron chi connectivity index (χ1n) is 9.39. The van der Waals surface area contributed by atoms with Crippen LogP contribution in [0.25, 0.3) is 0 Å². The minimum atomic E-state index is -3.49. The first-order valence-corrected chi connectivity index (χ1v) is 10.8. The Labute approximate surface area is 156 Å². The van der Waals surface area contributed by atoms with Crippen molar-refractivity contribution in [1.29, 1.82) is 0 Å². The molecule has 0 bridgehead atoms. The summed E-state index contributed by atoms with van der Waals surface area (Å²) in [6.07, 6.45) is 1.19. The van der Waals surface area contributed by atoms with Crippen molar-refractivity contribution in [3.63, 3.8) is 0 Å². The second kappa shape index (κ2) is 7.66. The van der Waals surface area contributed by atoms with E-state index in [4.69, 9.17) is 0 Å². The van der Waals surface area contributed by atoms with Crippen molar-refractivity contribution in [2.75, 3.05) is 32.7 Å². The summed E-state index contributed by atoms with van der Waals surface area (Å²) in [6, 6.07) is 5.47. The van der Waals surface area contributed by atoms with Gasteiger partial charge in [0.15, 0.2) is 0 Å². The van der Waals surface area contributed by atoms with Gasteiger partial charge in [0.25, 0.3) is 0 Å². The zero-order valence-corrected chi connectivity index (χ0v) is 16.7. The number of hydrogen-bond acceptors (Lipinski definition) is 4. The van der Waals surface area contributed by atoms with Gasteiger partial charge in [-0.25, -0.2) is 8.42 Å². The number of carbonyl (C=O) groups is 1. The maximum Gasteiger partial charge on any atom is 0.243 e. The highest BCUT2D eigenvalue weighted by atomic mass is 32.2. The number of amides is 1. The third-order valence-electron chi connectivity index (χ3n) is 5.70. The molecule has 2 fully saturated rings. The fourth-order valence-electron chi connectivity index (χ4n) is 3.77. The van der Waals surface area contributed by atoms with Crippen LogP contribution in [0.3, 0.4) is 0 Å². The van der Waals surface area contributed by atoms with Crippen LogP contribution in [-0.2, 0) is 14.8 Å². The maximum atomic E-state index is 12.9. The van der Waals surface area contributed by atoms with E-state index in [0.717, 1.165) is 30.8 Å². The van der Waals surface area contributed by atoms with E-state index >= 15 is 0 Å². The van der Waals surface area contributed by atoms with Crippen molar-refractivity contribution in [2.24, 2.45) is 5.92 Å². The largest absolute Gasteiger partial charge is 0.337 e. The minimum Gasteiger partial charge on any atom is -0.337 e. The molecule has 0 aliphatic carbocycles. The number of piperazine rings is 1. The van der Waals surface area contributed by atoms with Crippen LogP contribution in [0.15, 0.2) is 23.1 Å². The third kappa shape index (κ3) is 3.80. The molecule has 1 atom stereocenters. The van der Waals surface area contributed by atoms with E-state index < -0.39 is 10.0 Å². The second-order valence-electron chi connectivity index (χ2n) is 7.51. The number of benzene rings is 1. The number of nitrogens with one attached hydrogen (secondary N) is 1. The highest BCUT2D eigenvalue weighted by Gasteiger charge is 2.35. The highest BCUT2D eigenvalue weighted by molar-refractivity contribution is 7.89. The summed E-state index contributed by atoms with van der Waals surface area (Å²) in [5.74, 6) is 0.115. The summed E-state index contributed by atoms with van der Waals surface area (Å²) in [7, 11) is -3.49. The SMILES string of the molecule is Cc1ccc(S(=O)(=O)N2CCC(C(=O)N3CCNCC3C)CC2)cc1C. The molecule has 2 aliphatic rings. The number of piperidine rings is 1. The molecule has 2 saturated heterocycles. The van der Waals surface area contributed by atoms with E-state index in [9.17, 15) is 13.2 Å². The van der Waals surface area contributed by atoms with Gasteiger partial charge in [0.05, 0.1) is 4.90 Å². The molecule has 1 aromatic rings. The Morgan fingerprint density at radius 3 is 2.42 bits per heavy atom. The van der Waals surface area contributed by atoms with Gasteiger partial charge in [0.1, 0.15) is 0 Å². The summed E-state index contributed by atoms with van der Waals surface area (Å²) in [6.45, 7) is 9.17. The molecule has 26 heavy (non-hydrogen) atoms. The van der Waals surface area contributed by atoms with Crippen LogP contribution in [0, 0.1) is 19.8 Å². The van der Waals surface area contributed by atoms with Crippen LogP contribution in [0.2, 0.25) is 0 Å². The van der Waals surface area contributed by atoms with Gasteiger partial charge >= 0.3 is 0 Å². The normalized spacial score (nSPS) is 23.2. The Hall–Kier alpha value is -1.44. The van der Waals surface area contributed by atoms with E-state index in [0.29, 0.717) is 30.8 Å². The Kier molecular flexibility index (Phi) is 5.69. The lowest BCUT2D eigenvalue weighted by Gasteiger charge is -2.38. The van der Waals surface area contributed by atoms with Crippen molar-refractivity contribution >= 4 is 15.9 Å². The third-order valence-corrected chi connectivity index (χ3v) is 7.60. The molecule has 2 heterocycles. The summed E-state index contributed by atoms with van der Waals surface area (Å²) >= 11 is 0. The summed E-state index contributed by atoms with van der Waals surface area (Å²) in [5, 5.41) is 3.29. The average Bonchev–Trinajstić information content (AvgIpc) is 2.64. The molecule has 2 aliphatic heterocycles. The van der Waals surface area contributed by atoms with E-state index in [1.165, 1.54) is 4.31 Å². The van der Waals surface area contributed by atoms with Gasteiger partial charge in [0.2, 0.25) is 15.9 Å². The van der Waals surface area contributed by atoms with Gasteiger partial charge in [0, 0.05) is 44.7 Å². The average molecular weight is 380 g/mol. The second-order valence-corrected chi connectivity index (χ2v) is 9.45. The molecular formula is C19H29N3O3S. The zero-order valence-electron chi connectivity index (χ0n) is 15.9. The monoisotopic (exact) mass is 379 g/mol. The standard InChI is InChI=1S/C19H29N3O3S/c1-14-4-5-18(12-15(14)2)26(24,25)21-9-6-17(7-10-21)19(23)22-11-8-20-13-16(22)3/h4-5,12,16-17,20H,6-11,13H2,1-3H3. The summed E-state index contributed by atoms with van der Waals surface area (Å²) in [5.41, 5.74) is 2.06. The fraction of sp³-hybridized carbons (Fsp3) is 0.632. The van der Waals surface area contributed by atoms with Gasteiger partial charge in [-0.3, -0.25) is 4.79 Å². The Bertz CT molecular complexity index is 770. The first kappa shape index (κ1) is 19.3. The smallest absolute Gasteiger partial charge is 0.243 e. The number of nitrogens with zero attached hydrogens (tertiary/aromatic N) is 2. The van der Waals surface area contributed by atoms with Crippen molar-refractivity contribution < 1.29 is 13.2 Å². The fourth-order valence-corrected chi connectivity index (χ4v) is 5.32. The number of carbonyl (C=O) groups excluding carboxylic acids is 1. The molecule has 7 heteroatoms. The molecule has 0 radical (unpaired) electrons. The number of hydrogen-bond donors (Lipinski definition) is 1. The molecule has 0 saturated carbocycles. The first-order chi connectivity index (χ1) is 12.3. The quantitative estimate of drug-likeness (QED) is 0.865. The van der Waals surface area contributed by atoms with Gasteiger partial charge in [-0.1, -0.05) is 6.07 Å². The summed E-state index contributed by atoms with van der Waals surface area (Å²) < 4.78 is 27.3. The van der Waals surface area contributed by atoms with Crippen molar-refractivity contribution in [2.45, 2.75) is 44.6 Å². The van der Waals surface area contributed by atoms with E-state index in [-0.39, 0.29) is 17.9 Å². The summed E-state index contributed by atoms with van der Waals surface area (Å²) in [4.78, 5) is 15.1. The van der Waals surface area contributed by atoms with Crippen LogP contribution in [0.4, 0.5) is 0 Å². The number of sulfonamides is 1. The lowest BCUT2D eigenvalue weighted by molar-refractivity contribution is -0.139. The van der Waals surface area contributed by atoms with Crippen molar-refractivity contribution in [3.05, 3.63) is 29.3 Å². The molecule has 1 N–H and O–H groups in total. The number of rotatable bonds is 3. The highest BCUT2D eigenvalue weighted by Crippen LogP contribution is 2.26. The molecule has 0 spiro atoms. The van der Waals surface area contributed by atoms with Crippen LogP contribution < -0.4 is 5.32 Å². The van der Waals surface area contributed by atoms with Gasteiger partial charge < -0.3 is 10.2 Å². The Morgan fingerprint density at radius 2 is 1.81 bits per heavy atom. The lowest BCUT2D eigenvalue weighted by Crippen LogP contribution is -2.55. The molecular weight excluding hydrogens is 350 g/mol. The van der Waals surface area contributed by atoms with Gasteiger partial charge in [-0.15, -0.1) is 0 Å².